The van der Waals surface area contributed by atoms with E-state index in [4.69, 9.17) is 19.1 Å². The Hall–Kier alpha value is -2.85. The van der Waals surface area contributed by atoms with Gasteiger partial charge in [-0.25, -0.2) is 4.79 Å². The number of hydrogen-bond acceptors (Lipinski definition) is 3. The summed E-state index contributed by atoms with van der Waals surface area (Å²) in [6.45, 7) is 0. The van der Waals surface area contributed by atoms with Crippen molar-refractivity contribution in [2.24, 2.45) is 0 Å². The molecule has 0 radical (unpaired) electrons. The molecule has 0 aliphatic rings. The van der Waals surface area contributed by atoms with E-state index in [1.807, 2.05) is 78.9 Å². The fourth-order valence-electron chi connectivity index (χ4n) is 2.33. The van der Waals surface area contributed by atoms with Crippen LogP contribution in [-0.4, -0.2) is 15.8 Å². The molecule has 0 saturated heterocycles. The van der Waals surface area contributed by atoms with E-state index in [1.165, 1.54) is 0 Å². The predicted molar refractivity (Wildman–Crippen MR) is 98.6 cm³/mol. The monoisotopic (exact) mass is 369 g/mol. The Morgan fingerprint density at radius 1 is 0.731 bits per heavy atom. The number of rotatable bonds is 4. The summed E-state index contributed by atoms with van der Waals surface area (Å²) in [5.74, 6) is -0.321. The van der Waals surface area contributed by atoms with E-state index in [2.05, 4.69) is 0 Å². The highest BCUT2D eigenvalue weighted by Gasteiger charge is 2.19. The minimum Gasteiger partial charge on any atom is -0.449 e. The average Bonchev–Trinajstić information content (AvgIpc) is 2.67. The SMILES string of the molecule is O=C(OC(c1ccccc1)c1ccccc1)c1ccccc1.O=[P+](O)O. The first-order valence-corrected chi connectivity index (χ1v) is 8.95. The maximum atomic E-state index is 12.4. The van der Waals surface area contributed by atoms with Crippen LogP contribution in [0.25, 0.3) is 0 Å². The van der Waals surface area contributed by atoms with Crippen LogP contribution in [0.15, 0.2) is 91.0 Å². The molecule has 0 aromatic heterocycles. The molecule has 3 rings (SSSR count). The highest BCUT2D eigenvalue weighted by atomic mass is 31.1. The van der Waals surface area contributed by atoms with Crippen LogP contribution < -0.4 is 0 Å². The maximum Gasteiger partial charge on any atom is 0.692 e. The molecule has 0 heterocycles. The van der Waals surface area contributed by atoms with Gasteiger partial charge in [0.15, 0.2) is 6.10 Å². The first-order valence-electron chi connectivity index (χ1n) is 7.79. The smallest absolute Gasteiger partial charge is 0.449 e. The van der Waals surface area contributed by atoms with Gasteiger partial charge in [0, 0.05) is 4.57 Å². The molecule has 0 atom stereocenters. The van der Waals surface area contributed by atoms with Gasteiger partial charge < -0.3 is 4.74 Å². The quantitative estimate of drug-likeness (QED) is 0.530. The standard InChI is InChI=1S/C20H16O2.HO3P/c21-20(18-14-8-3-9-15-18)22-19(16-10-4-1-5-11-16)17-12-6-2-7-13-17;1-4(2)3/h1-15,19H;(H-,1,2,3)/p+1. The third kappa shape index (κ3) is 6.22. The molecule has 3 aromatic rings. The second kappa shape index (κ2) is 10.2. The van der Waals surface area contributed by atoms with Gasteiger partial charge >= 0.3 is 14.2 Å². The van der Waals surface area contributed by atoms with E-state index >= 15 is 0 Å². The molecule has 132 valence electrons. The van der Waals surface area contributed by atoms with Crippen molar-refractivity contribution in [3.05, 3.63) is 108 Å². The molecule has 0 saturated carbocycles. The number of carbonyl (C=O) groups excluding carboxylic acids is 1. The van der Waals surface area contributed by atoms with Gasteiger partial charge in [-0.05, 0) is 23.3 Å². The van der Waals surface area contributed by atoms with E-state index in [-0.39, 0.29) is 5.97 Å². The van der Waals surface area contributed by atoms with Gasteiger partial charge in [-0.1, -0.05) is 78.9 Å². The molecular weight excluding hydrogens is 351 g/mol. The number of benzene rings is 3. The molecule has 6 heteroatoms. The largest absolute Gasteiger partial charge is 0.692 e. The number of hydrogen-bond donors (Lipinski definition) is 2. The Labute approximate surface area is 152 Å². The van der Waals surface area contributed by atoms with E-state index in [1.54, 1.807) is 12.1 Å². The molecule has 26 heavy (non-hydrogen) atoms. The lowest BCUT2D eigenvalue weighted by Crippen LogP contribution is -2.12. The van der Waals surface area contributed by atoms with Gasteiger partial charge in [0.1, 0.15) is 0 Å². The van der Waals surface area contributed by atoms with E-state index in [0.29, 0.717) is 5.56 Å². The lowest BCUT2D eigenvalue weighted by Gasteiger charge is -2.19. The van der Waals surface area contributed by atoms with Crippen molar-refractivity contribution in [1.82, 2.24) is 0 Å². The van der Waals surface area contributed by atoms with Crippen LogP contribution in [0.5, 0.6) is 0 Å². The first kappa shape index (κ1) is 19.5. The van der Waals surface area contributed by atoms with Crippen molar-refractivity contribution in [2.45, 2.75) is 6.10 Å². The summed E-state index contributed by atoms with van der Waals surface area (Å²) in [5, 5.41) is 0. The van der Waals surface area contributed by atoms with E-state index < -0.39 is 14.4 Å². The van der Waals surface area contributed by atoms with E-state index in [9.17, 15) is 4.79 Å². The summed E-state index contributed by atoms with van der Waals surface area (Å²) in [6.07, 6.45) is -0.407. The van der Waals surface area contributed by atoms with Crippen LogP contribution in [0.4, 0.5) is 0 Å². The molecule has 5 nitrogen and oxygen atoms in total. The minimum atomic E-state index is -2.87. The third-order valence-electron chi connectivity index (χ3n) is 3.44. The van der Waals surface area contributed by atoms with Crippen molar-refractivity contribution in [2.75, 3.05) is 0 Å². The summed E-state index contributed by atoms with van der Waals surface area (Å²) in [5.41, 5.74) is 2.47. The summed E-state index contributed by atoms with van der Waals surface area (Å²) < 4.78 is 14.5. The lowest BCUT2D eigenvalue weighted by atomic mass is 10.0. The lowest BCUT2D eigenvalue weighted by molar-refractivity contribution is 0.0378. The first-order chi connectivity index (χ1) is 12.6. The average molecular weight is 369 g/mol. The van der Waals surface area contributed by atoms with E-state index in [0.717, 1.165) is 11.1 Å². The molecule has 0 fully saturated rings. The zero-order chi connectivity index (χ0) is 18.8. The zero-order valence-electron chi connectivity index (χ0n) is 13.8. The maximum absolute atomic E-state index is 12.4. The molecule has 3 aromatic carbocycles. The molecule has 0 aliphatic carbocycles. The topological polar surface area (TPSA) is 83.8 Å². The van der Waals surface area contributed by atoms with Crippen molar-refractivity contribution >= 4 is 14.2 Å². The molecule has 0 aliphatic heterocycles. The van der Waals surface area contributed by atoms with Gasteiger partial charge in [0.25, 0.3) is 0 Å². The van der Waals surface area contributed by atoms with Gasteiger partial charge in [0.05, 0.1) is 5.56 Å². The summed E-state index contributed by atoms with van der Waals surface area (Å²) >= 11 is 0. The molecule has 0 amide bonds. The van der Waals surface area contributed by atoms with Crippen LogP contribution in [0.2, 0.25) is 0 Å². The number of ether oxygens (including phenoxy) is 1. The Morgan fingerprint density at radius 2 is 1.08 bits per heavy atom. The zero-order valence-corrected chi connectivity index (χ0v) is 14.7. The van der Waals surface area contributed by atoms with Crippen LogP contribution in [0.1, 0.15) is 27.6 Å². The highest BCUT2D eigenvalue weighted by Crippen LogP contribution is 2.26. The Balaban J connectivity index is 0.000000552. The fourth-order valence-corrected chi connectivity index (χ4v) is 2.33. The Kier molecular flexibility index (Phi) is 7.65. The number of esters is 1. The highest BCUT2D eigenvalue weighted by molar-refractivity contribution is 7.30. The molecular formula is C20H18O5P+. The van der Waals surface area contributed by atoms with Gasteiger partial charge in [-0.2, -0.15) is 0 Å². The molecule has 0 spiro atoms. The Morgan fingerprint density at radius 3 is 1.46 bits per heavy atom. The van der Waals surface area contributed by atoms with Crippen molar-refractivity contribution in [1.29, 1.82) is 0 Å². The molecule has 0 bridgehead atoms. The number of carbonyl (C=O) groups is 1. The van der Waals surface area contributed by atoms with Crippen molar-refractivity contribution in [3.63, 3.8) is 0 Å². The van der Waals surface area contributed by atoms with Crippen LogP contribution in [-0.2, 0) is 9.30 Å². The fraction of sp³-hybridized carbons (Fsp3) is 0.0500. The van der Waals surface area contributed by atoms with Crippen molar-refractivity contribution < 1.29 is 23.9 Å². The molecule has 2 N–H and O–H groups in total. The van der Waals surface area contributed by atoms with Gasteiger partial charge in [0.2, 0.25) is 0 Å². The Bertz CT molecular complexity index is 779. The van der Waals surface area contributed by atoms with Crippen LogP contribution in [0, 0.1) is 0 Å². The van der Waals surface area contributed by atoms with Gasteiger partial charge in [-0.15, -0.1) is 9.79 Å². The molecule has 0 unspecified atom stereocenters. The van der Waals surface area contributed by atoms with Crippen LogP contribution in [0.3, 0.4) is 0 Å². The summed E-state index contributed by atoms with van der Waals surface area (Å²) in [7, 11) is -2.87. The van der Waals surface area contributed by atoms with Crippen molar-refractivity contribution in [3.8, 4) is 0 Å². The van der Waals surface area contributed by atoms with Crippen LogP contribution >= 0.6 is 8.25 Å². The third-order valence-corrected chi connectivity index (χ3v) is 3.44. The van der Waals surface area contributed by atoms with Gasteiger partial charge in [-0.3, -0.25) is 0 Å². The normalized spacial score (nSPS) is 9.81. The second-order valence-electron chi connectivity index (χ2n) is 5.23. The summed E-state index contributed by atoms with van der Waals surface area (Å²) in [6, 6.07) is 28.6. The second-order valence-corrected chi connectivity index (χ2v) is 5.73. The minimum absolute atomic E-state index is 0.321. The predicted octanol–water partition coefficient (Wildman–Crippen LogP) is 4.26. The summed E-state index contributed by atoms with van der Waals surface area (Å²) in [4.78, 5) is 26.6.